The van der Waals surface area contributed by atoms with Gasteiger partial charge < -0.3 is 14.9 Å². The smallest absolute Gasteiger partial charge is 0.409 e. The maximum atomic E-state index is 11.0. The third kappa shape index (κ3) is 2.16. The summed E-state index contributed by atoms with van der Waals surface area (Å²) in [6.07, 6.45) is -1.10. The van der Waals surface area contributed by atoms with E-state index in [0.717, 1.165) is 0 Å². The van der Waals surface area contributed by atoms with E-state index in [9.17, 15) is 9.90 Å². The molecule has 1 heterocycles. The van der Waals surface area contributed by atoms with Crippen molar-refractivity contribution in [2.75, 3.05) is 6.61 Å². The predicted molar refractivity (Wildman–Crippen MR) is 50.0 cm³/mol. The molecule has 2 atom stereocenters. The molecule has 0 aromatic carbocycles. The molecule has 0 aromatic rings. The van der Waals surface area contributed by atoms with Crippen LogP contribution >= 0.6 is 0 Å². The first-order valence-corrected chi connectivity index (χ1v) is 4.69. The van der Waals surface area contributed by atoms with Crippen LogP contribution in [-0.2, 0) is 4.74 Å². The Hall–Kier alpha value is -0.810. The minimum atomic E-state index is -1.00. The van der Waals surface area contributed by atoms with E-state index in [4.69, 9.17) is 9.84 Å². The van der Waals surface area contributed by atoms with Crippen molar-refractivity contribution < 1.29 is 19.7 Å². The van der Waals surface area contributed by atoms with Gasteiger partial charge in [-0.3, -0.25) is 4.90 Å². The number of ether oxygens (including phenoxy) is 1. The second-order valence-electron chi connectivity index (χ2n) is 4.15. The highest BCUT2D eigenvalue weighted by atomic mass is 16.5. The summed E-state index contributed by atoms with van der Waals surface area (Å²) in [5.41, 5.74) is -0.786. The molecule has 2 N–H and O–H groups in total. The van der Waals surface area contributed by atoms with Gasteiger partial charge in [-0.25, -0.2) is 4.79 Å². The number of aliphatic hydroxyl groups excluding tert-OH is 1. The van der Waals surface area contributed by atoms with E-state index in [1.165, 1.54) is 4.90 Å². The minimum Gasteiger partial charge on any atom is -0.465 e. The topological polar surface area (TPSA) is 70.0 Å². The van der Waals surface area contributed by atoms with Crippen LogP contribution in [-0.4, -0.2) is 45.7 Å². The Kier molecular flexibility index (Phi) is 3.01. The van der Waals surface area contributed by atoms with Crippen LogP contribution in [0.2, 0.25) is 0 Å². The summed E-state index contributed by atoms with van der Waals surface area (Å²) < 4.78 is 5.36. The number of nitrogens with zero attached hydrogens (tertiary/aromatic N) is 1. The molecule has 0 unspecified atom stereocenters. The van der Waals surface area contributed by atoms with E-state index in [1.807, 2.05) is 0 Å². The third-order valence-electron chi connectivity index (χ3n) is 2.39. The van der Waals surface area contributed by atoms with Crippen molar-refractivity contribution in [2.45, 2.75) is 45.1 Å². The summed E-state index contributed by atoms with van der Waals surface area (Å²) in [6.45, 7) is 5.42. The normalized spacial score (nSPS) is 27.7. The number of hydrogen-bond donors (Lipinski definition) is 2. The third-order valence-corrected chi connectivity index (χ3v) is 2.39. The van der Waals surface area contributed by atoms with Gasteiger partial charge in [0, 0.05) is 0 Å². The van der Waals surface area contributed by atoms with Crippen LogP contribution < -0.4 is 0 Å². The minimum absolute atomic E-state index is 0.248. The highest BCUT2D eigenvalue weighted by Gasteiger charge is 2.43. The first-order chi connectivity index (χ1) is 6.34. The van der Waals surface area contributed by atoms with Gasteiger partial charge in [-0.2, -0.15) is 0 Å². The van der Waals surface area contributed by atoms with Crippen molar-refractivity contribution in [3.05, 3.63) is 0 Å². The number of carbonyl (C=O) groups is 1. The van der Waals surface area contributed by atoms with Crippen LogP contribution in [0.15, 0.2) is 0 Å². The molecule has 0 spiro atoms. The van der Waals surface area contributed by atoms with Crippen LogP contribution in [0, 0.1) is 0 Å². The van der Waals surface area contributed by atoms with Gasteiger partial charge in [-0.05, 0) is 27.2 Å². The zero-order chi connectivity index (χ0) is 10.9. The molecule has 5 nitrogen and oxygen atoms in total. The van der Waals surface area contributed by atoms with Gasteiger partial charge in [0.05, 0.1) is 18.8 Å². The van der Waals surface area contributed by atoms with Crippen molar-refractivity contribution >= 4 is 6.09 Å². The molecule has 1 aliphatic rings. The Morgan fingerprint density at radius 1 is 1.71 bits per heavy atom. The molecule has 5 heteroatoms. The van der Waals surface area contributed by atoms with E-state index in [1.54, 1.807) is 20.8 Å². The maximum Gasteiger partial charge on any atom is 0.409 e. The zero-order valence-corrected chi connectivity index (χ0v) is 8.73. The molecule has 1 aliphatic heterocycles. The molecule has 0 aliphatic carbocycles. The average Bonchev–Trinajstić information content (AvgIpc) is 2.24. The summed E-state index contributed by atoms with van der Waals surface area (Å²) in [7, 11) is 0. The standard InChI is InChI=1S/C9H17NO4/c1-6(11)4-7-5-14-9(2,3)10(7)8(12)13/h6-7,11H,4-5H2,1-3H3,(H,12,13)/t6-,7+/m1/s1. The number of aliphatic hydroxyl groups is 1. The van der Waals surface area contributed by atoms with Crippen LogP contribution in [0.3, 0.4) is 0 Å². The average molecular weight is 203 g/mol. The van der Waals surface area contributed by atoms with E-state index < -0.39 is 17.9 Å². The van der Waals surface area contributed by atoms with Gasteiger partial charge in [-0.15, -0.1) is 0 Å². The Balaban J connectivity index is 2.74. The fourth-order valence-corrected chi connectivity index (χ4v) is 1.84. The molecule has 82 valence electrons. The molecule has 14 heavy (non-hydrogen) atoms. The molecule has 0 aromatic heterocycles. The molecule has 1 saturated heterocycles. The van der Waals surface area contributed by atoms with Gasteiger partial charge in [0.1, 0.15) is 5.72 Å². The predicted octanol–water partition coefficient (Wildman–Crippen LogP) is 0.872. The maximum absolute atomic E-state index is 11.0. The Morgan fingerprint density at radius 3 is 2.71 bits per heavy atom. The van der Waals surface area contributed by atoms with E-state index in [0.29, 0.717) is 13.0 Å². The van der Waals surface area contributed by atoms with Gasteiger partial charge in [0.25, 0.3) is 0 Å². The largest absolute Gasteiger partial charge is 0.465 e. The molecule has 0 bridgehead atoms. The molecule has 0 radical (unpaired) electrons. The number of hydrogen-bond acceptors (Lipinski definition) is 3. The lowest BCUT2D eigenvalue weighted by molar-refractivity contribution is -0.0428. The monoisotopic (exact) mass is 203 g/mol. The lowest BCUT2D eigenvalue weighted by Crippen LogP contribution is -2.47. The first-order valence-electron chi connectivity index (χ1n) is 4.69. The lowest BCUT2D eigenvalue weighted by atomic mass is 10.1. The van der Waals surface area contributed by atoms with Gasteiger partial charge >= 0.3 is 6.09 Å². The molecule has 1 fully saturated rings. The SMILES string of the molecule is C[C@@H](O)C[C@H]1COC(C)(C)N1C(=O)O. The molecule has 0 saturated carbocycles. The molecular formula is C9H17NO4. The van der Waals surface area contributed by atoms with Crippen LogP contribution in [0.4, 0.5) is 4.79 Å². The first kappa shape index (κ1) is 11.3. The Labute approximate surface area is 83.3 Å². The Bertz CT molecular complexity index is 227. The summed E-state index contributed by atoms with van der Waals surface area (Å²) in [4.78, 5) is 12.2. The zero-order valence-electron chi connectivity index (χ0n) is 8.73. The van der Waals surface area contributed by atoms with Gasteiger partial charge in [0.15, 0.2) is 0 Å². The highest BCUT2D eigenvalue weighted by molar-refractivity contribution is 5.66. The number of rotatable bonds is 2. The fraction of sp³-hybridized carbons (Fsp3) is 0.889. The van der Waals surface area contributed by atoms with Crippen LogP contribution in [0.5, 0.6) is 0 Å². The van der Waals surface area contributed by atoms with Gasteiger partial charge in [-0.1, -0.05) is 0 Å². The van der Waals surface area contributed by atoms with Gasteiger partial charge in [0.2, 0.25) is 0 Å². The second kappa shape index (κ2) is 3.74. The second-order valence-corrected chi connectivity index (χ2v) is 4.15. The number of amides is 1. The summed E-state index contributed by atoms with van der Waals surface area (Å²) in [6, 6.07) is -0.248. The number of carboxylic acid groups (broad SMARTS) is 1. The molecular weight excluding hydrogens is 186 g/mol. The van der Waals surface area contributed by atoms with Crippen molar-refractivity contribution in [1.82, 2.24) is 4.90 Å². The van der Waals surface area contributed by atoms with E-state index >= 15 is 0 Å². The van der Waals surface area contributed by atoms with Crippen LogP contribution in [0.25, 0.3) is 0 Å². The summed E-state index contributed by atoms with van der Waals surface area (Å²) in [5, 5.41) is 18.2. The van der Waals surface area contributed by atoms with Crippen molar-refractivity contribution in [3.8, 4) is 0 Å². The quantitative estimate of drug-likeness (QED) is 0.698. The molecule has 1 rings (SSSR count). The van der Waals surface area contributed by atoms with Crippen molar-refractivity contribution in [2.24, 2.45) is 0 Å². The Morgan fingerprint density at radius 2 is 2.29 bits per heavy atom. The summed E-state index contributed by atoms with van der Waals surface area (Å²) in [5.74, 6) is 0. The fourth-order valence-electron chi connectivity index (χ4n) is 1.84. The van der Waals surface area contributed by atoms with E-state index in [2.05, 4.69) is 0 Å². The molecule has 1 amide bonds. The van der Waals surface area contributed by atoms with Crippen molar-refractivity contribution in [1.29, 1.82) is 0 Å². The summed E-state index contributed by atoms with van der Waals surface area (Å²) >= 11 is 0. The van der Waals surface area contributed by atoms with E-state index in [-0.39, 0.29) is 6.04 Å². The lowest BCUT2D eigenvalue weighted by Gasteiger charge is -2.31. The van der Waals surface area contributed by atoms with Crippen LogP contribution in [0.1, 0.15) is 27.2 Å². The highest BCUT2D eigenvalue weighted by Crippen LogP contribution is 2.29. The van der Waals surface area contributed by atoms with Crippen molar-refractivity contribution in [3.63, 3.8) is 0 Å².